The zero-order chi connectivity index (χ0) is 18.8. The third-order valence-corrected chi connectivity index (χ3v) is 3.92. The van der Waals surface area contributed by atoms with Crippen molar-refractivity contribution in [2.24, 2.45) is 5.73 Å². The monoisotopic (exact) mass is 356 g/mol. The lowest BCUT2D eigenvalue weighted by Gasteiger charge is -2.37. The number of halogens is 2. The van der Waals surface area contributed by atoms with Gasteiger partial charge in [0.15, 0.2) is 0 Å². The van der Waals surface area contributed by atoms with Gasteiger partial charge in [0.05, 0.1) is 13.2 Å². The highest BCUT2D eigenvalue weighted by molar-refractivity contribution is 5.68. The summed E-state index contributed by atoms with van der Waals surface area (Å²) in [5.41, 5.74) is 5.55. The first kappa shape index (κ1) is 19.6. The fraction of sp³-hybridized carbons (Fsp3) is 0.611. The van der Waals surface area contributed by atoms with Gasteiger partial charge in [0.25, 0.3) is 0 Å². The smallest absolute Gasteiger partial charge is 0.410 e. The van der Waals surface area contributed by atoms with Crippen molar-refractivity contribution in [1.82, 2.24) is 4.90 Å². The number of rotatable bonds is 3. The first-order chi connectivity index (χ1) is 11.5. The molecule has 0 aromatic heterocycles. The molecule has 0 spiro atoms. The summed E-state index contributed by atoms with van der Waals surface area (Å²) in [7, 11) is 0. The molecule has 1 amide bonds. The molecule has 0 bridgehead atoms. The van der Waals surface area contributed by atoms with Crippen molar-refractivity contribution in [3.8, 4) is 0 Å². The Bertz CT molecular complexity index is 615. The van der Waals surface area contributed by atoms with Crippen molar-refractivity contribution in [3.05, 3.63) is 35.4 Å². The molecule has 0 saturated carbocycles. The number of benzene rings is 1. The first-order valence-corrected chi connectivity index (χ1v) is 8.34. The summed E-state index contributed by atoms with van der Waals surface area (Å²) in [4.78, 5) is 13.4. The summed E-state index contributed by atoms with van der Waals surface area (Å²) in [6, 6.07) is 5.65. The molecule has 1 aliphatic heterocycles. The van der Waals surface area contributed by atoms with E-state index in [-0.39, 0.29) is 31.3 Å². The van der Waals surface area contributed by atoms with Crippen LogP contribution in [0.3, 0.4) is 0 Å². The predicted octanol–water partition coefficient (Wildman–Crippen LogP) is 3.43. The van der Waals surface area contributed by atoms with Crippen molar-refractivity contribution in [3.63, 3.8) is 0 Å². The van der Waals surface area contributed by atoms with Crippen LogP contribution in [0.4, 0.5) is 13.6 Å². The number of nitrogens with zero attached hydrogens (tertiary/aromatic N) is 1. The van der Waals surface area contributed by atoms with Crippen LogP contribution in [0.25, 0.3) is 0 Å². The zero-order valence-electron chi connectivity index (χ0n) is 15.1. The van der Waals surface area contributed by atoms with Gasteiger partial charge in [-0.25, -0.2) is 4.79 Å². The molecule has 1 heterocycles. The summed E-state index contributed by atoms with van der Waals surface area (Å²) < 4.78 is 40.4. The van der Waals surface area contributed by atoms with Crippen LogP contribution in [0, 0.1) is 0 Å². The van der Waals surface area contributed by atoms with E-state index in [2.05, 4.69) is 0 Å². The summed E-state index contributed by atoms with van der Waals surface area (Å²) in [6.45, 7) is 6.96. The van der Waals surface area contributed by atoms with E-state index in [1.807, 2.05) is 0 Å². The van der Waals surface area contributed by atoms with E-state index in [0.717, 1.165) is 0 Å². The van der Waals surface area contributed by atoms with Crippen molar-refractivity contribution in [1.29, 1.82) is 0 Å². The highest BCUT2D eigenvalue weighted by Gasteiger charge is 2.46. The second-order valence-corrected chi connectivity index (χ2v) is 7.32. The minimum absolute atomic E-state index is 0.0342. The van der Waals surface area contributed by atoms with Crippen LogP contribution in [0.1, 0.15) is 44.9 Å². The third-order valence-electron chi connectivity index (χ3n) is 3.92. The normalized spacial score (nSPS) is 20.3. The largest absolute Gasteiger partial charge is 0.444 e. The molecule has 7 heteroatoms. The fourth-order valence-electron chi connectivity index (χ4n) is 2.58. The van der Waals surface area contributed by atoms with E-state index >= 15 is 0 Å². The van der Waals surface area contributed by atoms with Crippen LogP contribution in [-0.2, 0) is 15.4 Å². The molecule has 1 aliphatic rings. The second kappa shape index (κ2) is 7.25. The maximum Gasteiger partial charge on any atom is 0.410 e. The van der Waals surface area contributed by atoms with Gasteiger partial charge in [-0.05, 0) is 39.3 Å². The van der Waals surface area contributed by atoms with Crippen LogP contribution < -0.4 is 5.73 Å². The van der Waals surface area contributed by atoms with Gasteiger partial charge in [-0.3, -0.25) is 0 Å². The highest BCUT2D eigenvalue weighted by atomic mass is 19.3. The topological polar surface area (TPSA) is 64.8 Å². The molecular formula is C18H26F2N2O3. The summed E-state index contributed by atoms with van der Waals surface area (Å²) >= 11 is 0. The first-order valence-electron chi connectivity index (χ1n) is 8.34. The number of hydrogen-bond donors (Lipinski definition) is 1. The molecule has 1 aromatic carbocycles. The quantitative estimate of drug-likeness (QED) is 0.901. The van der Waals surface area contributed by atoms with Crippen molar-refractivity contribution < 1.29 is 23.0 Å². The van der Waals surface area contributed by atoms with E-state index in [0.29, 0.717) is 5.56 Å². The van der Waals surface area contributed by atoms with Gasteiger partial charge in [-0.1, -0.05) is 18.2 Å². The molecular weight excluding hydrogens is 330 g/mol. The Labute approximate surface area is 147 Å². The molecule has 140 valence electrons. The number of carbonyl (C=O) groups excluding carboxylic acids is 1. The highest BCUT2D eigenvalue weighted by Crippen LogP contribution is 2.36. The van der Waals surface area contributed by atoms with Crippen molar-refractivity contribution in [2.75, 3.05) is 19.7 Å². The Balaban J connectivity index is 2.16. The van der Waals surface area contributed by atoms with Gasteiger partial charge in [-0.15, -0.1) is 0 Å². The Kier molecular flexibility index (Phi) is 5.68. The van der Waals surface area contributed by atoms with Gasteiger partial charge < -0.3 is 20.1 Å². The number of carbonyl (C=O) groups is 1. The minimum atomic E-state index is -3.24. The van der Waals surface area contributed by atoms with E-state index < -0.39 is 23.7 Å². The number of ether oxygens (including phenoxy) is 2. The van der Waals surface area contributed by atoms with Crippen LogP contribution in [-0.4, -0.2) is 42.4 Å². The van der Waals surface area contributed by atoms with Crippen LogP contribution in [0.15, 0.2) is 24.3 Å². The van der Waals surface area contributed by atoms with Gasteiger partial charge in [-0.2, -0.15) is 8.78 Å². The maximum atomic E-state index is 14.9. The van der Waals surface area contributed by atoms with Gasteiger partial charge in [0, 0.05) is 18.2 Å². The van der Waals surface area contributed by atoms with Gasteiger partial charge in [0.2, 0.25) is 0 Å². The predicted molar refractivity (Wildman–Crippen MR) is 90.5 cm³/mol. The van der Waals surface area contributed by atoms with Crippen LogP contribution in [0.2, 0.25) is 0 Å². The maximum absolute atomic E-state index is 14.9. The molecule has 2 atom stereocenters. The number of morpholine rings is 1. The van der Waals surface area contributed by atoms with Crippen LogP contribution in [0.5, 0.6) is 0 Å². The fourth-order valence-corrected chi connectivity index (χ4v) is 2.58. The van der Waals surface area contributed by atoms with E-state index in [9.17, 15) is 13.6 Å². The molecule has 1 fully saturated rings. The molecule has 1 unspecified atom stereocenters. The zero-order valence-corrected chi connectivity index (χ0v) is 15.1. The molecule has 1 aromatic rings. The molecule has 5 nitrogen and oxygen atoms in total. The average molecular weight is 356 g/mol. The van der Waals surface area contributed by atoms with E-state index in [1.54, 1.807) is 39.8 Å². The molecule has 0 radical (unpaired) electrons. The lowest BCUT2D eigenvalue weighted by atomic mass is 9.98. The number of amides is 1. The molecule has 25 heavy (non-hydrogen) atoms. The Hall–Kier alpha value is -1.73. The van der Waals surface area contributed by atoms with E-state index in [1.165, 1.54) is 17.0 Å². The second-order valence-electron chi connectivity index (χ2n) is 7.32. The molecule has 2 rings (SSSR count). The van der Waals surface area contributed by atoms with Crippen molar-refractivity contribution in [2.45, 2.75) is 51.4 Å². The number of alkyl halides is 2. The lowest BCUT2D eigenvalue weighted by Crippen LogP contribution is -2.52. The van der Waals surface area contributed by atoms with Crippen LogP contribution >= 0.6 is 0 Å². The van der Waals surface area contributed by atoms with Gasteiger partial charge >= 0.3 is 12.0 Å². The van der Waals surface area contributed by atoms with E-state index in [4.69, 9.17) is 15.2 Å². The van der Waals surface area contributed by atoms with Gasteiger partial charge in [0.1, 0.15) is 11.7 Å². The lowest BCUT2D eigenvalue weighted by molar-refractivity contribution is -0.170. The van der Waals surface area contributed by atoms with Crippen molar-refractivity contribution >= 4 is 6.09 Å². The minimum Gasteiger partial charge on any atom is -0.444 e. The SMILES string of the molecule is C[C@@H](N)c1cccc(C(F)(F)C2CN(C(=O)OC(C)(C)C)CCO2)c1. The summed E-state index contributed by atoms with van der Waals surface area (Å²) in [5.74, 6) is -3.24. The summed E-state index contributed by atoms with van der Waals surface area (Å²) in [5, 5.41) is 0. The Morgan fingerprint density at radius 1 is 1.40 bits per heavy atom. The molecule has 0 aliphatic carbocycles. The average Bonchev–Trinajstić information content (AvgIpc) is 2.53. The summed E-state index contributed by atoms with van der Waals surface area (Å²) in [6.07, 6.45) is -2.04. The molecule has 1 saturated heterocycles. The standard InChI is InChI=1S/C18H26F2N2O3/c1-12(21)13-6-5-7-14(10-13)18(19,20)15-11-22(8-9-24-15)16(23)25-17(2,3)4/h5-7,10,12,15H,8-9,11,21H2,1-4H3/t12-,15?/m1/s1. The molecule has 2 N–H and O–H groups in total. The number of nitrogens with two attached hydrogens (primary N) is 1. The third kappa shape index (κ3) is 4.89. The number of hydrogen-bond acceptors (Lipinski definition) is 4. The Morgan fingerprint density at radius 3 is 2.68 bits per heavy atom. The Morgan fingerprint density at radius 2 is 2.08 bits per heavy atom.